The number of esters is 4. The van der Waals surface area contributed by atoms with Gasteiger partial charge in [0, 0.05) is 25.7 Å². The monoisotopic (exact) mass is 1420 g/mol. The van der Waals surface area contributed by atoms with E-state index in [1.54, 1.807) is 0 Å². The Morgan fingerprint density at radius 3 is 0.732 bits per heavy atom. The molecule has 0 rings (SSSR count). The Bertz CT molecular complexity index is 1910. The Morgan fingerprint density at radius 1 is 0.289 bits per heavy atom. The molecule has 0 aromatic heterocycles. The van der Waals surface area contributed by atoms with Crippen LogP contribution in [0.2, 0.25) is 0 Å². The minimum atomic E-state index is -4.96. The van der Waals surface area contributed by atoms with Gasteiger partial charge in [-0.05, 0) is 49.4 Å². The zero-order valence-corrected chi connectivity index (χ0v) is 65.5. The van der Waals surface area contributed by atoms with Gasteiger partial charge in [0.15, 0.2) is 12.2 Å². The van der Waals surface area contributed by atoms with Crippen molar-refractivity contribution in [3.8, 4) is 0 Å². The Morgan fingerprint density at radius 2 is 0.495 bits per heavy atom. The second-order valence-corrected chi connectivity index (χ2v) is 32.2. The van der Waals surface area contributed by atoms with Crippen LogP contribution in [-0.4, -0.2) is 96.7 Å². The number of rotatable bonds is 75. The van der Waals surface area contributed by atoms with Gasteiger partial charge in [-0.15, -0.1) is 0 Å². The average molecular weight is 1420 g/mol. The first-order valence-electron chi connectivity index (χ1n) is 40.3. The quantitative estimate of drug-likeness (QED) is 0.0222. The van der Waals surface area contributed by atoms with E-state index in [4.69, 9.17) is 37.0 Å². The van der Waals surface area contributed by atoms with E-state index in [0.717, 1.165) is 114 Å². The lowest BCUT2D eigenvalue weighted by atomic mass is 9.99. The van der Waals surface area contributed by atoms with E-state index < -0.39 is 97.5 Å². The van der Waals surface area contributed by atoms with Gasteiger partial charge in [0.1, 0.15) is 19.3 Å². The van der Waals surface area contributed by atoms with Crippen LogP contribution in [0.5, 0.6) is 0 Å². The summed E-state index contributed by atoms with van der Waals surface area (Å²) >= 11 is 0. The highest BCUT2D eigenvalue weighted by atomic mass is 31.2. The molecule has 0 heterocycles. The fourth-order valence-electron chi connectivity index (χ4n) is 11.8. The molecule has 0 aromatic carbocycles. The number of phosphoric acid groups is 2. The maximum atomic E-state index is 13.1. The highest BCUT2D eigenvalue weighted by Crippen LogP contribution is 2.45. The molecule has 0 fully saturated rings. The fraction of sp³-hybridized carbons (Fsp3) is 0.949. The molecule has 0 aliphatic rings. The lowest BCUT2D eigenvalue weighted by Crippen LogP contribution is -2.30. The van der Waals surface area contributed by atoms with Crippen molar-refractivity contribution in [3.05, 3.63) is 0 Å². The first kappa shape index (κ1) is 95.1. The number of ether oxygens (including phenoxy) is 4. The van der Waals surface area contributed by atoms with Gasteiger partial charge in [-0.1, -0.05) is 344 Å². The maximum Gasteiger partial charge on any atom is 0.472 e. The number of carbonyl (C=O) groups excluding carboxylic acids is 4. The molecule has 0 radical (unpaired) electrons. The van der Waals surface area contributed by atoms with Gasteiger partial charge in [0.2, 0.25) is 0 Å². The molecule has 0 aromatic rings. The number of hydrogen-bond donors (Lipinski definition) is 3. The van der Waals surface area contributed by atoms with Crippen LogP contribution < -0.4 is 0 Å². The smallest absolute Gasteiger partial charge is 0.462 e. The Hall–Kier alpha value is -1.94. The number of aliphatic hydroxyl groups excluding tert-OH is 1. The molecule has 0 saturated carbocycles. The molecule has 0 bridgehead atoms. The molecule has 19 heteroatoms. The second-order valence-electron chi connectivity index (χ2n) is 29.3. The number of aliphatic hydroxyl groups is 1. The summed E-state index contributed by atoms with van der Waals surface area (Å²) in [6.45, 7) is 14.2. The van der Waals surface area contributed by atoms with Crippen molar-refractivity contribution in [3.63, 3.8) is 0 Å². The first-order chi connectivity index (χ1) is 46.7. The molecule has 97 heavy (non-hydrogen) atoms. The predicted molar refractivity (Wildman–Crippen MR) is 395 cm³/mol. The molecule has 576 valence electrons. The summed E-state index contributed by atoms with van der Waals surface area (Å²) in [6, 6.07) is 0. The van der Waals surface area contributed by atoms with E-state index in [1.165, 1.54) is 199 Å². The third-order valence-electron chi connectivity index (χ3n) is 19.2. The van der Waals surface area contributed by atoms with E-state index in [2.05, 4.69) is 55.4 Å². The molecule has 3 N–H and O–H groups in total. The number of hydrogen-bond acceptors (Lipinski definition) is 15. The van der Waals surface area contributed by atoms with Crippen LogP contribution in [0.25, 0.3) is 0 Å². The Kier molecular flexibility index (Phi) is 65.9. The molecular formula is C78H152O17P2. The lowest BCUT2D eigenvalue weighted by Gasteiger charge is -2.21. The standard InChI is InChI=1S/C78H152O17P2/c1-9-69(6)55-47-39-31-24-20-16-12-14-18-22-26-33-42-50-58-75(80)88-64-73(94-77(82)60-52-44-35-27-23-19-15-13-17-21-25-32-40-48-56-70(7)10-2)66-92-96(84,85)90-62-72(79)63-91-97(86,87)93-67-74(95-78(83)61-53-45-37-36-41-49-57-71(8)11-3)65-89-76(81)59-51-43-34-29-28-30-38-46-54-68(4)5/h68-74,79H,9-67H2,1-8H3,(H,84,85)(H,86,87)/t69?,70?,71?,72?,73-,74-/m1/s1. The van der Waals surface area contributed by atoms with Crippen LogP contribution in [0.4, 0.5) is 0 Å². The lowest BCUT2D eigenvalue weighted by molar-refractivity contribution is -0.161. The van der Waals surface area contributed by atoms with Crippen molar-refractivity contribution >= 4 is 39.5 Å². The van der Waals surface area contributed by atoms with E-state index in [0.29, 0.717) is 25.7 Å². The fourth-order valence-corrected chi connectivity index (χ4v) is 13.4. The van der Waals surface area contributed by atoms with E-state index in [1.807, 2.05) is 0 Å². The Labute approximate surface area is 594 Å². The zero-order valence-electron chi connectivity index (χ0n) is 63.7. The van der Waals surface area contributed by atoms with E-state index >= 15 is 0 Å². The maximum absolute atomic E-state index is 13.1. The minimum Gasteiger partial charge on any atom is -0.462 e. The van der Waals surface area contributed by atoms with Crippen LogP contribution in [0, 0.1) is 23.7 Å². The zero-order chi connectivity index (χ0) is 71.7. The normalized spacial score (nSPS) is 14.9. The topological polar surface area (TPSA) is 237 Å². The van der Waals surface area contributed by atoms with Crippen LogP contribution in [-0.2, 0) is 65.4 Å². The van der Waals surface area contributed by atoms with Crippen LogP contribution >= 0.6 is 15.6 Å². The van der Waals surface area contributed by atoms with Gasteiger partial charge in [-0.2, -0.15) is 0 Å². The number of phosphoric ester groups is 2. The summed E-state index contributed by atoms with van der Waals surface area (Å²) < 4.78 is 68.6. The van der Waals surface area contributed by atoms with Gasteiger partial charge in [-0.3, -0.25) is 37.3 Å². The molecule has 0 amide bonds. The molecule has 17 nitrogen and oxygen atoms in total. The molecule has 0 saturated heterocycles. The van der Waals surface area contributed by atoms with Gasteiger partial charge < -0.3 is 33.8 Å². The SMILES string of the molecule is CCC(C)CCCCCCCCCCCCCCCCC(=O)OC[C@H](COP(=O)(O)OCC(O)COP(=O)(O)OC[C@@H](COC(=O)CCCCCCCCCCC(C)C)OC(=O)CCCCCCCCC(C)CC)OC(=O)CCCCCCCCCCCCCCCCC(C)CC. The van der Waals surface area contributed by atoms with Gasteiger partial charge in [0.05, 0.1) is 26.4 Å². The van der Waals surface area contributed by atoms with E-state index in [9.17, 15) is 43.2 Å². The molecule has 0 spiro atoms. The van der Waals surface area contributed by atoms with Gasteiger partial charge in [0.25, 0.3) is 0 Å². The molecule has 0 aliphatic heterocycles. The molecule has 0 aliphatic carbocycles. The molecule has 6 unspecified atom stereocenters. The largest absolute Gasteiger partial charge is 0.472 e. The summed E-state index contributed by atoms with van der Waals surface area (Å²) in [5.74, 6) is 1.02. The summed E-state index contributed by atoms with van der Waals surface area (Å²) in [4.78, 5) is 72.9. The second kappa shape index (κ2) is 67.2. The number of unbranched alkanes of at least 4 members (excludes halogenated alkanes) is 38. The predicted octanol–water partition coefficient (Wildman–Crippen LogP) is 22.8. The molecular weight excluding hydrogens is 1270 g/mol. The summed E-state index contributed by atoms with van der Waals surface area (Å²) in [5.41, 5.74) is 0. The van der Waals surface area contributed by atoms with Crippen molar-refractivity contribution in [1.82, 2.24) is 0 Å². The third-order valence-corrected chi connectivity index (χ3v) is 21.1. The highest BCUT2D eigenvalue weighted by Gasteiger charge is 2.30. The van der Waals surface area contributed by atoms with Crippen LogP contribution in [0.1, 0.15) is 396 Å². The molecule has 8 atom stereocenters. The van der Waals surface area contributed by atoms with Crippen molar-refractivity contribution in [2.24, 2.45) is 23.7 Å². The highest BCUT2D eigenvalue weighted by molar-refractivity contribution is 7.47. The van der Waals surface area contributed by atoms with Crippen LogP contribution in [0.15, 0.2) is 0 Å². The third kappa shape index (κ3) is 68.3. The van der Waals surface area contributed by atoms with Crippen molar-refractivity contribution in [2.75, 3.05) is 39.6 Å². The summed E-state index contributed by atoms with van der Waals surface area (Å²) in [6.07, 6.45) is 52.7. The summed E-state index contributed by atoms with van der Waals surface area (Å²) in [7, 11) is -9.92. The van der Waals surface area contributed by atoms with Crippen LogP contribution in [0.3, 0.4) is 0 Å². The number of carbonyl (C=O) groups is 4. The summed E-state index contributed by atoms with van der Waals surface area (Å²) in [5, 5.41) is 10.6. The van der Waals surface area contributed by atoms with Gasteiger partial charge in [-0.25, -0.2) is 9.13 Å². The van der Waals surface area contributed by atoms with Gasteiger partial charge >= 0.3 is 39.5 Å². The van der Waals surface area contributed by atoms with Crippen molar-refractivity contribution < 1.29 is 80.2 Å². The average Bonchev–Trinajstić information content (AvgIpc) is 3.60. The van der Waals surface area contributed by atoms with Crippen molar-refractivity contribution in [2.45, 2.75) is 414 Å². The first-order valence-corrected chi connectivity index (χ1v) is 43.3. The van der Waals surface area contributed by atoms with E-state index in [-0.39, 0.29) is 25.7 Å². The Balaban J connectivity index is 5.24. The van der Waals surface area contributed by atoms with Crippen molar-refractivity contribution in [1.29, 1.82) is 0 Å². The minimum absolute atomic E-state index is 0.102.